The number of rotatable bonds is 4. The van der Waals surface area contributed by atoms with Gasteiger partial charge in [-0.2, -0.15) is 0 Å². The van der Waals surface area contributed by atoms with E-state index in [2.05, 4.69) is 51.4 Å². The van der Waals surface area contributed by atoms with E-state index in [1.54, 1.807) is 0 Å². The van der Waals surface area contributed by atoms with Crippen molar-refractivity contribution in [3.05, 3.63) is 94.9 Å². The minimum Gasteiger partial charge on any atom is -0.449 e. The maximum absolute atomic E-state index is 12.2. The highest BCUT2D eigenvalue weighted by atomic mass is 35.5. The highest BCUT2D eigenvalue weighted by molar-refractivity contribution is 6.34. The van der Waals surface area contributed by atoms with Crippen LogP contribution < -0.4 is 5.32 Å². The van der Waals surface area contributed by atoms with E-state index in [0.717, 1.165) is 16.5 Å². The van der Waals surface area contributed by atoms with E-state index in [-0.39, 0.29) is 5.92 Å². The summed E-state index contributed by atoms with van der Waals surface area (Å²) in [6.07, 6.45) is 1.50. The summed E-state index contributed by atoms with van der Waals surface area (Å²) in [6.45, 7) is 0.707. The van der Waals surface area contributed by atoms with Gasteiger partial charge in [-0.05, 0) is 40.5 Å². The van der Waals surface area contributed by atoms with E-state index in [9.17, 15) is 4.79 Å². The summed E-state index contributed by atoms with van der Waals surface area (Å²) in [5.41, 5.74) is 6.38. The van der Waals surface area contributed by atoms with Gasteiger partial charge in [0.15, 0.2) is 0 Å². The molecule has 0 radical (unpaired) electrons. The quantitative estimate of drug-likeness (QED) is 0.249. The summed E-state index contributed by atoms with van der Waals surface area (Å²) in [4.78, 5) is 20.4. The third-order valence-corrected chi connectivity index (χ3v) is 5.98. The molecule has 1 amide bonds. The van der Waals surface area contributed by atoms with Gasteiger partial charge in [-0.3, -0.25) is 0 Å². The second kappa shape index (κ2) is 9.32. The average Bonchev–Trinajstić information content (AvgIpc) is 3.16. The smallest absolute Gasteiger partial charge is 0.407 e. The van der Waals surface area contributed by atoms with Crippen LogP contribution in [0.15, 0.2) is 73.1 Å². The van der Waals surface area contributed by atoms with Gasteiger partial charge in [0, 0.05) is 29.8 Å². The van der Waals surface area contributed by atoms with E-state index in [1.165, 1.54) is 28.6 Å². The molecule has 0 unspecified atom stereocenters. The molecule has 0 atom stereocenters. The molecule has 1 heterocycles. The van der Waals surface area contributed by atoms with Crippen molar-refractivity contribution in [3.63, 3.8) is 0 Å². The minimum absolute atomic E-state index is 0.0492. The van der Waals surface area contributed by atoms with Crippen molar-refractivity contribution in [2.45, 2.75) is 12.3 Å². The van der Waals surface area contributed by atoms with Crippen molar-refractivity contribution in [2.24, 2.45) is 0 Å². The molecule has 1 aromatic heterocycles. The molecule has 3 aromatic carbocycles. The summed E-state index contributed by atoms with van der Waals surface area (Å²) in [5, 5.41) is 3.99. The number of amides is 1. The van der Waals surface area contributed by atoms with Gasteiger partial charge < -0.3 is 10.1 Å². The molecular formula is C27H20ClN3O2. The van der Waals surface area contributed by atoms with Gasteiger partial charge in [0.1, 0.15) is 18.1 Å². The van der Waals surface area contributed by atoms with Gasteiger partial charge in [-0.15, -0.1) is 0 Å². The fraction of sp³-hybridized carbons (Fsp3) is 0.148. The molecule has 0 saturated heterocycles. The summed E-state index contributed by atoms with van der Waals surface area (Å²) in [6, 6.07) is 22.2. The third kappa shape index (κ3) is 4.39. The normalized spacial score (nSPS) is 11.9. The van der Waals surface area contributed by atoms with Crippen LogP contribution in [0.3, 0.4) is 0 Å². The van der Waals surface area contributed by atoms with Crippen LogP contribution in [-0.4, -0.2) is 29.2 Å². The van der Waals surface area contributed by atoms with Crippen LogP contribution in [0.4, 0.5) is 4.79 Å². The number of ether oxygens (including phenoxy) is 1. The van der Waals surface area contributed by atoms with Gasteiger partial charge in [-0.25, -0.2) is 14.8 Å². The number of aromatic nitrogens is 2. The van der Waals surface area contributed by atoms with Crippen molar-refractivity contribution in [3.8, 4) is 23.0 Å². The number of nitrogens with zero attached hydrogens (tertiary/aromatic N) is 2. The van der Waals surface area contributed by atoms with Crippen LogP contribution in [0.5, 0.6) is 0 Å². The van der Waals surface area contributed by atoms with Gasteiger partial charge >= 0.3 is 6.09 Å². The number of hydrogen-bond acceptors (Lipinski definition) is 4. The number of carbonyl (C=O) groups excluding carboxylic acids is 1. The first-order valence-corrected chi connectivity index (χ1v) is 11.1. The first kappa shape index (κ1) is 21.0. The molecule has 5 nitrogen and oxygen atoms in total. The average molecular weight is 454 g/mol. The van der Waals surface area contributed by atoms with Crippen molar-refractivity contribution in [2.75, 3.05) is 13.2 Å². The third-order valence-electron chi connectivity index (χ3n) is 5.68. The fourth-order valence-corrected chi connectivity index (χ4v) is 4.35. The van der Waals surface area contributed by atoms with Gasteiger partial charge in [0.25, 0.3) is 0 Å². The zero-order chi connectivity index (χ0) is 22.6. The van der Waals surface area contributed by atoms with Crippen LogP contribution in [-0.2, 0) is 4.74 Å². The predicted octanol–water partition coefficient (Wildman–Crippen LogP) is 5.56. The Balaban J connectivity index is 1.14. The Morgan fingerprint density at radius 2 is 1.73 bits per heavy atom. The molecular weight excluding hydrogens is 434 g/mol. The Kier molecular flexibility index (Phi) is 5.93. The molecule has 0 spiro atoms. The highest BCUT2D eigenvalue weighted by Crippen LogP contribution is 2.44. The van der Waals surface area contributed by atoms with Crippen molar-refractivity contribution in [1.29, 1.82) is 0 Å². The Morgan fingerprint density at radius 3 is 2.48 bits per heavy atom. The zero-order valence-electron chi connectivity index (χ0n) is 17.7. The molecule has 5 rings (SSSR count). The van der Waals surface area contributed by atoms with Crippen molar-refractivity contribution < 1.29 is 9.53 Å². The molecule has 1 aliphatic carbocycles. The van der Waals surface area contributed by atoms with Gasteiger partial charge in [0.2, 0.25) is 0 Å². The number of carbonyl (C=O) groups is 1. The molecule has 0 fully saturated rings. The summed E-state index contributed by atoms with van der Waals surface area (Å²) in [7, 11) is 0. The molecule has 0 saturated carbocycles. The number of nitrogens with one attached hydrogen (secondary N) is 1. The zero-order valence-corrected chi connectivity index (χ0v) is 18.5. The topological polar surface area (TPSA) is 64.1 Å². The minimum atomic E-state index is -0.435. The van der Waals surface area contributed by atoms with E-state index < -0.39 is 6.09 Å². The van der Waals surface area contributed by atoms with Crippen LogP contribution in [0.2, 0.25) is 5.15 Å². The first-order chi connectivity index (χ1) is 16.2. The van der Waals surface area contributed by atoms with Crippen LogP contribution in [0.1, 0.15) is 29.0 Å². The van der Waals surface area contributed by atoms with E-state index in [1.807, 2.05) is 42.5 Å². The number of benzene rings is 3. The van der Waals surface area contributed by atoms with Crippen molar-refractivity contribution >= 4 is 28.6 Å². The molecule has 1 aliphatic rings. The molecule has 0 aliphatic heterocycles. The second-order valence-electron chi connectivity index (χ2n) is 7.70. The number of halogens is 1. The maximum Gasteiger partial charge on any atom is 0.407 e. The summed E-state index contributed by atoms with van der Waals surface area (Å²) >= 11 is 6.06. The second-order valence-corrected chi connectivity index (χ2v) is 8.06. The lowest BCUT2D eigenvalue weighted by atomic mass is 9.98. The molecule has 1 N–H and O–H groups in total. The van der Waals surface area contributed by atoms with Crippen LogP contribution in [0, 0.1) is 11.8 Å². The van der Waals surface area contributed by atoms with Gasteiger partial charge in [0.05, 0.1) is 5.52 Å². The van der Waals surface area contributed by atoms with E-state index in [4.69, 9.17) is 16.3 Å². The number of hydrogen-bond donors (Lipinski definition) is 1. The van der Waals surface area contributed by atoms with Crippen LogP contribution >= 0.6 is 11.6 Å². The molecule has 4 aromatic rings. The molecule has 162 valence electrons. The van der Waals surface area contributed by atoms with E-state index >= 15 is 0 Å². The summed E-state index contributed by atoms with van der Waals surface area (Å²) in [5.74, 6) is 6.20. The largest absolute Gasteiger partial charge is 0.449 e. The number of alkyl carbamates (subject to hydrolysis) is 1. The standard InChI is InChI=1S/C27H20ClN3O2/c28-26-23-13-12-18(15-25(23)30-17-31-26)7-5-6-14-29-27(32)33-16-24-21-10-3-1-8-19(21)20-9-2-4-11-22(20)24/h1-4,8-13,15,17,24H,6,14,16H2,(H,29,32). The van der Waals surface area contributed by atoms with Crippen molar-refractivity contribution in [1.82, 2.24) is 15.3 Å². The number of fused-ring (bicyclic) bond motifs is 4. The lowest BCUT2D eigenvalue weighted by Gasteiger charge is -2.14. The Bertz CT molecular complexity index is 1360. The lowest BCUT2D eigenvalue weighted by molar-refractivity contribution is 0.143. The Labute approximate surface area is 196 Å². The Hall–Kier alpha value is -3.88. The highest BCUT2D eigenvalue weighted by Gasteiger charge is 2.28. The van der Waals surface area contributed by atoms with E-state index in [0.29, 0.717) is 24.7 Å². The lowest BCUT2D eigenvalue weighted by Crippen LogP contribution is -2.26. The predicted molar refractivity (Wildman–Crippen MR) is 129 cm³/mol. The Morgan fingerprint density at radius 1 is 1.00 bits per heavy atom. The van der Waals surface area contributed by atoms with Gasteiger partial charge in [-0.1, -0.05) is 72.0 Å². The molecule has 6 heteroatoms. The summed E-state index contributed by atoms with van der Waals surface area (Å²) < 4.78 is 5.54. The molecule has 33 heavy (non-hydrogen) atoms. The maximum atomic E-state index is 12.2. The SMILES string of the molecule is O=C(NCCC#Cc1ccc2c(Cl)ncnc2c1)OCC1c2ccccc2-c2ccccc21. The molecule has 0 bridgehead atoms. The fourth-order valence-electron chi connectivity index (χ4n) is 4.14. The van der Waals surface area contributed by atoms with Crippen LogP contribution in [0.25, 0.3) is 22.0 Å². The monoisotopic (exact) mass is 453 g/mol. The first-order valence-electron chi connectivity index (χ1n) is 10.7.